The monoisotopic (exact) mass is 342 g/mol. The van der Waals surface area contributed by atoms with Gasteiger partial charge in [0.2, 0.25) is 0 Å². The number of aryl methyl sites for hydroxylation is 1. The highest BCUT2D eigenvalue weighted by atomic mass is 35.5. The summed E-state index contributed by atoms with van der Waals surface area (Å²) in [6.45, 7) is 1.78. The molecule has 0 atom stereocenters. The number of nitrogens with zero attached hydrogens (tertiary/aromatic N) is 1. The van der Waals surface area contributed by atoms with Crippen molar-refractivity contribution in [2.45, 2.75) is 6.92 Å². The van der Waals surface area contributed by atoms with E-state index >= 15 is 0 Å². The Morgan fingerprint density at radius 2 is 1.91 bits per heavy atom. The molecule has 0 radical (unpaired) electrons. The molecule has 1 N–H and O–H groups in total. The molecule has 0 aromatic heterocycles. The summed E-state index contributed by atoms with van der Waals surface area (Å²) >= 11 is 11.6. The molecule has 0 fully saturated rings. The number of non-ortho nitro benzene ring substituents is 1. The summed E-state index contributed by atoms with van der Waals surface area (Å²) in [4.78, 5) is 22.1. The number of nitrogens with one attached hydrogen (secondary N) is 1. The molecule has 0 aliphatic heterocycles. The molecule has 1 amide bonds. The highest BCUT2D eigenvalue weighted by Crippen LogP contribution is 2.27. The summed E-state index contributed by atoms with van der Waals surface area (Å²) < 4.78 is 13.6. The van der Waals surface area contributed by atoms with E-state index in [1.165, 1.54) is 6.07 Å². The minimum absolute atomic E-state index is 0.328. The lowest BCUT2D eigenvalue weighted by Crippen LogP contribution is -2.13. The molecule has 0 saturated heterocycles. The lowest BCUT2D eigenvalue weighted by molar-refractivity contribution is -0.385. The van der Waals surface area contributed by atoms with Crippen molar-refractivity contribution in [2.24, 2.45) is 0 Å². The topological polar surface area (TPSA) is 72.2 Å². The summed E-state index contributed by atoms with van der Waals surface area (Å²) in [6, 6.07) is 6.40. The van der Waals surface area contributed by atoms with Gasteiger partial charge in [0.15, 0.2) is 0 Å². The first-order chi connectivity index (χ1) is 10.3. The van der Waals surface area contributed by atoms with Crippen molar-refractivity contribution in [3.63, 3.8) is 0 Å². The smallest absolute Gasteiger partial charge is 0.273 e. The van der Waals surface area contributed by atoms with Gasteiger partial charge in [-0.2, -0.15) is 0 Å². The fourth-order valence-electron chi connectivity index (χ4n) is 1.85. The van der Waals surface area contributed by atoms with Crippen molar-refractivity contribution in [1.29, 1.82) is 0 Å². The van der Waals surface area contributed by atoms with Gasteiger partial charge in [-0.05, 0) is 30.7 Å². The van der Waals surface area contributed by atoms with Gasteiger partial charge < -0.3 is 5.32 Å². The maximum atomic E-state index is 13.6. The Labute approximate surface area is 134 Å². The van der Waals surface area contributed by atoms with E-state index in [4.69, 9.17) is 23.2 Å². The minimum Gasteiger partial charge on any atom is -0.322 e. The van der Waals surface area contributed by atoms with Crippen LogP contribution < -0.4 is 5.32 Å². The van der Waals surface area contributed by atoms with Crippen LogP contribution in [0.25, 0.3) is 0 Å². The molecule has 0 heterocycles. The van der Waals surface area contributed by atoms with E-state index in [0.29, 0.717) is 16.8 Å². The Morgan fingerprint density at radius 3 is 2.50 bits per heavy atom. The molecule has 2 rings (SSSR count). The van der Waals surface area contributed by atoms with Crippen LogP contribution in [0.3, 0.4) is 0 Å². The molecule has 2 aromatic rings. The Kier molecular flexibility index (Phi) is 4.63. The van der Waals surface area contributed by atoms with Gasteiger partial charge in [-0.25, -0.2) is 4.39 Å². The number of hydrogen-bond donors (Lipinski definition) is 1. The number of nitro groups is 1. The zero-order chi connectivity index (χ0) is 16.4. The Morgan fingerprint density at radius 1 is 1.23 bits per heavy atom. The molecule has 2 aromatic carbocycles. The molecule has 0 aliphatic rings. The number of carbonyl (C=O) groups excluding carboxylic acids is 1. The predicted molar refractivity (Wildman–Crippen MR) is 82.2 cm³/mol. The van der Waals surface area contributed by atoms with E-state index < -0.39 is 27.4 Å². The first-order valence-electron chi connectivity index (χ1n) is 6.00. The third-order valence-electron chi connectivity index (χ3n) is 2.77. The first kappa shape index (κ1) is 16.2. The third-order valence-corrected chi connectivity index (χ3v) is 3.37. The molecule has 0 bridgehead atoms. The maximum Gasteiger partial charge on any atom is 0.273 e. The van der Waals surface area contributed by atoms with Gasteiger partial charge in [0.25, 0.3) is 11.6 Å². The molecule has 22 heavy (non-hydrogen) atoms. The van der Waals surface area contributed by atoms with E-state index in [1.54, 1.807) is 19.1 Å². The highest BCUT2D eigenvalue weighted by molar-refractivity contribution is 6.34. The number of halogens is 3. The quantitative estimate of drug-likeness (QED) is 0.654. The van der Waals surface area contributed by atoms with Crippen molar-refractivity contribution < 1.29 is 14.1 Å². The van der Waals surface area contributed by atoms with Gasteiger partial charge in [0, 0.05) is 16.8 Å². The van der Waals surface area contributed by atoms with Gasteiger partial charge in [-0.1, -0.05) is 23.2 Å². The summed E-state index contributed by atoms with van der Waals surface area (Å²) in [5.74, 6) is -1.81. The van der Waals surface area contributed by atoms with Gasteiger partial charge in [0.05, 0.1) is 21.6 Å². The largest absolute Gasteiger partial charge is 0.322 e. The molecular weight excluding hydrogens is 334 g/mol. The zero-order valence-corrected chi connectivity index (χ0v) is 12.7. The third kappa shape index (κ3) is 3.52. The fraction of sp³-hybridized carbons (Fsp3) is 0.0714. The van der Waals surface area contributed by atoms with Gasteiger partial charge >= 0.3 is 0 Å². The second kappa shape index (κ2) is 6.29. The standard InChI is InChI=1S/C14H9Cl2FN2O3/c1-7-2-8(15)4-9(3-7)18-14(20)11-5-10(19(21)22)6-12(17)13(11)16/h2-6H,1H3,(H,18,20). The van der Waals surface area contributed by atoms with Crippen molar-refractivity contribution in [2.75, 3.05) is 5.32 Å². The maximum absolute atomic E-state index is 13.6. The summed E-state index contributed by atoms with van der Waals surface area (Å²) in [5.41, 5.74) is 0.289. The average molecular weight is 343 g/mol. The van der Waals surface area contributed by atoms with Gasteiger partial charge in [-0.3, -0.25) is 14.9 Å². The summed E-state index contributed by atoms with van der Waals surface area (Å²) in [5, 5.41) is 13.1. The normalized spacial score (nSPS) is 10.4. The van der Waals surface area contributed by atoms with Crippen LogP contribution in [0.2, 0.25) is 10.0 Å². The van der Waals surface area contributed by atoms with Crippen LogP contribution in [0.1, 0.15) is 15.9 Å². The van der Waals surface area contributed by atoms with Crippen molar-refractivity contribution >= 4 is 40.5 Å². The second-order valence-electron chi connectivity index (χ2n) is 4.52. The highest BCUT2D eigenvalue weighted by Gasteiger charge is 2.20. The summed E-state index contributed by atoms with van der Waals surface area (Å²) in [7, 11) is 0. The minimum atomic E-state index is -1.04. The molecule has 8 heteroatoms. The van der Waals surface area contributed by atoms with Crippen molar-refractivity contribution in [3.05, 3.63) is 67.4 Å². The second-order valence-corrected chi connectivity index (χ2v) is 5.33. The van der Waals surface area contributed by atoms with Crippen LogP contribution in [0, 0.1) is 22.9 Å². The van der Waals surface area contributed by atoms with Crippen LogP contribution in [0.15, 0.2) is 30.3 Å². The van der Waals surface area contributed by atoms with E-state index in [9.17, 15) is 19.3 Å². The molecular formula is C14H9Cl2FN2O3. The fourth-order valence-corrected chi connectivity index (χ4v) is 2.34. The van der Waals surface area contributed by atoms with Crippen LogP contribution in [-0.2, 0) is 0 Å². The van der Waals surface area contributed by atoms with E-state index in [0.717, 1.165) is 11.6 Å². The lowest BCUT2D eigenvalue weighted by atomic mass is 10.1. The average Bonchev–Trinajstić information content (AvgIpc) is 2.39. The molecule has 0 saturated carbocycles. The van der Waals surface area contributed by atoms with E-state index in [-0.39, 0.29) is 5.56 Å². The molecule has 114 valence electrons. The van der Waals surface area contributed by atoms with E-state index in [1.807, 2.05) is 0 Å². The van der Waals surface area contributed by atoms with Crippen LogP contribution in [-0.4, -0.2) is 10.8 Å². The number of hydrogen-bond acceptors (Lipinski definition) is 3. The molecule has 0 aliphatic carbocycles. The number of anilines is 1. The van der Waals surface area contributed by atoms with E-state index in [2.05, 4.69) is 5.32 Å². The molecule has 0 unspecified atom stereocenters. The first-order valence-corrected chi connectivity index (χ1v) is 6.75. The number of carbonyl (C=O) groups is 1. The Hall–Kier alpha value is -2.18. The van der Waals surface area contributed by atoms with Crippen LogP contribution in [0.4, 0.5) is 15.8 Å². The SMILES string of the molecule is Cc1cc(Cl)cc(NC(=O)c2cc([N+](=O)[O-])cc(F)c2Cl)c1. The number of rotatable bonds is 3. The number of benzene rings is 2. The van der Waals surface area contributed by atoms with Crippen molar-refractivity contribution in [1.82, 2.24) is 0 Å². The number of nitro benzene ring substituents is 1. The molecule has 0 spiro atoms. The van der Waals surface area contributed by atoms with Crippen LogP contribution >= 0.6 is 23.2 Å². The van der Waals surface area contributed by atoms with Gasteiger partial charge in [0.1, 0.15) is 5.82 Å². The Balaban J connectivity index is 2.39. The predicted octanol–water partition coefficient (Wildman–Crippen LogP) is 4.60. The summed E-state index contributed by atoms with van der Waals surface area (Å²) in [6.07, 6.45) is 0. The van der Waals surface area contributed by atoms with Crippen molar-refractivity contribution in [3.8, 4) is 0 Å². The lowest BCUT2D eigenvalue weighted by Gasteiger charge is -2.08. The Bertz CT molecular complexity index is 761. The zero-order valence-electron chi connectivity index (χ0n) is 11.2. The molecule has 5 nitrogen and oxygen atoms in total. The van der Waals surface area contributed by atoms with Gasteiger partial charge in [-0.15, -0.1) is 0 Å². The van der Waals surface area contributed by atoms with Crippen LogP contribution in [0.5, 0.6) is 0 Å². The number of amides is 1.